The van der Waals surface area contributed by atoms with E-state index in [-0.39, 0.29) is 17.9 Å². The minimum atomic E-state index is -2.71. The Morgan fingerprint density at radius 1 is 1.28 bits per heavy atom. The molecule has 150 valence electrons. The van der Waals surface area contributed by atoms with E-state index < -0.39 is 12.1 Å². The van der Waals surface area contributed by atoms with E-state index in [2.05, 4.69) is 15.0 Å². The van der Waals surface area contributed by atoms with Crippen molar-refractivity contribution < 1.29 is 18.3 Å². The lowest BCUT2D eigenvalue weighted by Gasteiger charge is -2.43. The first-order chi connectivity index (χ1) is 14.0. The molecule has 6 nitrogen and oxygen atoms in total. The van der Waals surface area contributed by atoms with Crippen molar-refractivity contribution >= 4 is 11.4 Å². The normalized spacial score (nSPS) is 23.8. The number of ketones is 1. The predicted octanol–water partition coefficient (Wildman–Crippen LogP) is 3.77. The van der Waals surface area contributed by atoms with Crippen LogP contribution in [0, 0.1) is 5.41 Å². The summed E-state index contributed by atoms with van der Waals surface area (Å²) in [7, 11) is 0. The molecule has 0 atom stereocenters. The minimum absolute atomic E-state index is 0.00692. The molecule has 0 radical (unpaired) electrons. The molecule has 1 saturated carbocycles. The molecule has 5 rings (SSSR count). The molecule has 2 fully saturated rings. The van der Waals surface area contributed by atoms with Gasteiger partial charge in [-0.1, -0.05) is 6.07 Å². The predicted molar refractivity (Wildman–Crippen MR) is 100 cm³/mol. The highest BCUT2D eigenvalue weighted by Gasteiger charge is 2.47. The SMILES string of the molecule is O=C(Cc1cn2cc(C3CC4(CCOC4)C3)nc2cn1)c1cccc(C(F)F)n1. The number of alkyl halides is 2. The minimum Gasteiger partial charge on any atom is -0.381 e. The number of fused-ring (bicyclic) bond motifs is 1. The van der Waals surface area contributed by atoms with Gasteiger partial charge in [-0.25, -0.2) is 18.7 Å². The largest absolute Gasteiger partial charge is 0.381 e. The van der Waals surface area contributed by atoms with Gasteiger partial charge in [0.25, 0.3) is 6.43 Å². The highest BCUT2D eigenvalue weighted by molar-refractivity contribution is 5.95. The summed E-state index contributed by atoms with van der Waals surface area (Å²) in [6, 6.07) is 4.07. The summed E-state index contributed by atoms with van der Waals surface area (Å²) < 4.78 is 33.0. The Hall–Kier alpha value is -2.74. The van der Waals surface area contributed by atoms with Crippen LogP contribution in [0.1, 0.15) is 59.2 Å². The second-order valence-electron chi connectivity index (χ2n) is 8.07. The molecule has 2 aliphatic rings. The lowest BCUT2D eigenvalue weighted by Crippen LogP contribution is -2.36. The standard InChI is InChI=1S/C21H20F2N4O2/c22-20(23)16-3-1-2-15(25-16)18(28)6-14-10-27-11-17(26-19(27)9-24-14)13-7-21(8-13)4-5-29-12-21/h1-3,9-11,13,20H,4-8,12H2. The molecular formula is C21H20F2N4O2. The zero-order chi connectivity index (χ0) is 20.0. The smallest absolute Gasteiger partial charge is 0.280 e. The van der Waals surface area contributed by atoms with E-state index in [0.29, 0.717) is 17.0 Å². The number of aromatic nitrogens is 4. The molecule has 1 saturated heterocycles. The first-order valence-corrected chi connectivity index (χ1v) is 9.71. The van der Waals surface area contributed by atoms with Gasteiger partial charge in [-0.2, -0.15) is 0 Å². The van der Waals surface area contributed by atoms with Crippen LogP contribution in [0.4, 0.5) is 8.78 Å². The molecule has 4 heterocycles. The number of hydrogen-bond acceptors (Lipinski definition) is 5. The highest BCUT2D eigenvalue weighted by atomic mass is 19.3. The Morgan fingerprint density at radius 2 is 2.14 bits per heavy atom. The molecule has 0 bridgehead atoms. The first kappa shape index (κ1) is 18.3. The van der Waals surface area contributed by atoms with Crippen LogP contribution in [0.3, 0.4) is 0 Å². The van der Waals surface area contributed by atoms with Crippen LogP contribution in [0.15, 0.2) is 36.8 Å². The summed E-state index contributed by atoms with van der Waals surface area (Å²) in [5, 5.41) is 0. The number of ether oxygens (including phenoxy) is 1. The number of nitrogens with zero attached hydrogens (tertiary/aromatic N) is 4. The zero-order valence-electron chi connectivity index (χ0n) is 15.7. The van der Waals surface area contributed by atoms with Gasteiger partial charge >= 0.3 is 0 Å². The molecule has 0 amide bonds. The van der Waals surface area contributed by atoms with Crippen molar-refractivity contribution in [1.29, 1.82) is 0 Å². The number of hydrogen-bond donors (Lipinski definition) is 0. The van der Waals surface area contributed by atoms with Crippen molar-refractivity contribution in [3.05, 3.63) is 59.6 Å². The van der Waals surface area contributed by atoms with Gasteiger partial charge in [0, 0.05) is 24.9 Å². The van der Waals surface area contributed by atoms with Crippen LogP contribution < -0.4 is 0 Å². The second kappa shape index (κ2) is 6.95. The van der Waals surface area contributed by atoms with Crippen molar-refractivity contribution in [3.63, 3.8) is 0 Å². The number of carbonyl (C=O) groups excluding carboxylic acids is 1. The van der Waals surface area contributed by atoms with Crippen molar-refractivity contribution in [3.8, 4) is 0 Å². The summed E-state index contributed by atoms with van der Waals surface area (Å²) in [5.41, 5.74) is 2.29. The van der Waals surface area contributed by atoms with Crippen molar-refractivity contribution in [2.24, 2.45) is 5.41 Å². The summed E-state index contributed by atoms with van der Waals surface area (Å²) in [6.07, 6.45) is 6.02. The number of imidazole rings is 1. The average molecular weight is 398 g/mol. The Kier molecular flexibility index (Phi) is 4.38. The lowest BCUT2D eigenvalue weighted by molar-refractivity contribution is 0.0706. The van der Waals surface area contributed by atoms with E-state index in [9.17, 15) is 13.6 Å². The maximum Gasteiger partial charge on any atom is 0.280 e. The van der Waals surface area contributed by atoms with Crippen LogP contribution >= 0.6 is 0 Å². The van der Waals surface area contributed by atoms with Gasteiger partial charge in [0.05, 0.1) is 30.6 Å². The third-order valence-corrected chi connectivity index (χ3v) is 6.00. The topological polar surface area (TPSA) is 69.4 Å². The third kappa shape index (κ3) is 3.42. The van der Waals surface area contributed by atoms with E-state index in [0.717, 1.165) is 43.8 Å². The van der Waals surface area contributed by atoms with Crippen molar-refractivity contribution in [2.45, 2.75) is 38.0 Å². The van der Waals surface area contributed by atoms with E-state index in [1.165, 1.54) is 18.2 Å². The molecule has 29 heavy (non-hydrogen) atoms. The molecule has 1 spiro atoms. The molecule has 3 aromatic heterocycles. The summed E-state index contributed by atoms with van der Waals surface area (Å²) in [4.78, 5) is 25.2. The fraction of sp³-hybridized carbons (Fsp3) is 0.429. The van der Waals surface area contributed by atoms with E-state index in [1.54, 1.807) is 12.4 Å². The van der Waals surface area contributed by atoms with Gasteiger partial charge in [-0.05, 0) is 36.8 Å². The van der Waals surface area contributed by atoms with Crippen LogP contribution in [0.5, 0.6) is 0 Å². The summed E-state index contributed by atoms with van der Waals surface area (Å²) in [5.74, 6) is 0.0878. The molecule has 1 aliphatic heterocycles. The van der Waals surface area contributed by atoms with Gasteiger partial charge in [0.2, 0.25) is 0 Å². The van der Waals surface area contributed by atoms with E-state index in [1.807, 2.05) is 10.6 Å². The maximum absolute atomic E-state index is 12.8. The van der Waals surface area contributed by atoms with Crippen molar-refractivity contribution in [1.82, 2.24) is 19.4 Å². The Labute approximate surface area is 166 Å². The molecule has 1 aliphatic carbocycles. The maximum atomic E-state index is 12.8. The van der Waals surface area contributed by atoms with Gasteiger partial charge < -0.3 is 9.14 Å². The van der Waals surface area contributed by atoms with Gasteiger partial charge in [0.15, 0.2) is 11.4 Å². The fourth-order valence-corrected chi connectivity index (χ4v) is 4.40. The van der Waals surface area contributed by atoms with Crippen molar-refractivity contribution in [2.75, 3.05) is 13.2 Å². The number of rotatable bonds is 5. The lowest BCUT2D eigenvalue weighted by atomic mass is 9.61. The number of pyridine rings is 1. The van der Waals surface area contributed by atoms with Crippen LogP contribution in [-0.2, 0) is 11.2 Å². The fourth-order valence-electron chi connectivity index (χ4n) is 4.40. The van der Waals surface area contributed by atoms with Gasteiger partial charge in [0.1, 0.15) is 11.4 Å². The Bertz CT molecular complexity index is 1070. The Balaban J connectivity index is 1.31. The average Bonchev–Trinajstić information content (AvgIpc) is 3.33. The number of Topliss-reactive ketones (excluding diaryl/α,β-unsaturated/α-hetero) is 1. The van der Waals surface area contributed by atoms with E-state index >= 15 is 0 Å². The molecule has 0 N–H and O–H groups in total. The third-order valence-electron chi connectivity index (χ3n) is 6.00. The van der Waals surface area contributed by atoms with E-state index in [4.69, 9.17) is 4.74 Å². The van der Waals surface area contributed by atoms with Gasteiger partial charge in [-0.15, -0.1) is 0 Å². The second-order valence-corrected chi connectivity index (χ2v) is 8.07. The van der Waals surface area contributed by atoms with Crippen LogP contribution in [0.25, 0.3) is 5.65 Å². The van der Waals surface area contributed by atoms with Crippen LogP contribution in [-0.4, -0.2) is 38.3 Å². The van der Waals surface area contributed by atoms with Crippen LogP contribution in [0.2, 0.25) is 0 Å². The zero-order valence-corrected chi connectivity index (χ0v) is 15.7. The quantitative estimate of drug-likeness (QED) is 0.612. The van der Waals surface area contributed by atoms with Gasteiger partial charge in [-0.3, -0.25) is 9.78 Å². The molecule has 3 aromatic rings. The highest BCUT2D eigenvalue weighted by Crippen LogP contribution is 2.55. The first-order valence-electron chi connectivity index (χ1n) is 9.71. The summed E-state index contributed by atoms with van der Waals surface area (Å²) >= 11 is 0. The molecule has 0 aromatic carbocycles. The summed E-state index contributed by atoms with van der Waals surface area (Å²) in [6.45, 7) is 1.71. The molecule has 0 unspecified atom stereocenters. The molecular weight excluding hydrogens is 378 g/mol. The number of halogens is 2. The number of carbonyl (C=O) groups is 1. The monoisotopic (exact) mass is 398 g/mol. The molecule has 8 heteroatoms. The Morgan fingerprint density at radius 3 is 2.90 bits per heavy atom.